The van der Waals surface area contributed by atoms with Gasteiger partial charge in [0.2, 0.25) is 5.91 Å². The SMILES string of the molecule is COc1ccc(OC)c(C2=CCC(C)(C(=O)NCCC(F)(F)F)N2CCc2cccc(F)c2)c1. The molecule has 2 aromatic rings. The van der Waals surface area contributed by atoms with Crippen LogP contribution in [0.3, 0.4) is 0 Å². The highest BCUT2D eigenvalue weighted by Gasteiger charge is 2.44. The van der Waals surface area contributed by atoms with Gasteiger partial charge in [-0.3, -0.25) is 4.79 Å². The molecule has 184 valence electrons. The van der Waals surface area contributed by atoms with Crippen molar-refractivity contribution in [2.24, 2.45) is 0 Å². The first-order chi connectivity index (χ1) is 16.1. The lowest BCUT2D eigenvalue weighted by Gasteiger charge is -2.38. The summed E-state index contributed by atoms with van der Waals surface area (Å²) in [6, 6.07) is 11.5. The first-order valence-corrected chi connectivity index (χ1v) is 10.9. The number of hydrogen-bond donors (Lipinski definition) is 1. The molecule has 1 N–H and O–H groups in total. The fourth-order valence-electron chi connectivity index (χ4n) is 4.08. The number of methoxy groups -OCH3 is 2. The van der Waals surface area contributed by atoms with Gasteiger partial charge in [-0.15, -0.1) is 0 Å². The largest absolute Gasteiger partial charge is 0.497 e. The molecular formula is C25H28F4N2O3. The van der Waals surface area contributed by atoms with Gasteiger partial charge in [-0.1, -0.05) is 18.2 Å². The minimum Gasteiger partial charge on any atom is -0.497 e. The molecule has 3 rings (SSSR count). The lowest BCUT2D eigenvalue weighted by molar-refractivity contribution is -0.138. The Morgan fingerprint density at radius 3 is 2.56 bits per heavy atom. The van der Waals surface area contributed by atoms with Gasteiger partial charge in [-0.05, 0) is 55.7 Å². The Hall–Kier alpha value is -3.23. The Balaban J connectivity index is 1.91. The van der Waals surface area contributed by atoms with E-state index in [4.69, 9.17) is 9.47 Å². The Labute approximate surface area is 196 Å². The van der Waals surface area contributed by atoms with Crippen molar-refractivity contribution in [1.82, 2.24) is 10.2 Å². The quantitative estimate of drug-likeness (QED) is 0.516. The Morgan fingerprint density at radius 2 is 1.91 bits per heavy atom. The molecule has 34 heavy (non-hydrogen) atoms. The van der Waals surface area contributed by atoms with E-state index in [1.165, 1.54) is 26.4 Å². The maximum absolute atomic E-state index is 13.7. The fourth-order valence-corrected chi connectivity index (χ4v) is 4.08. The number of carbonyl (C=O) groups is 1. The summed E-state index contributed by atoms with van der Waals surface area (Å²) in [5, 5.41) is 2.43. The first-order valence-electron chi connectivity index (χ1n) is 10.9. The minimum absolute atomic E-state index is 0.281. The van der Waals surface area contributed by atoms with Gasteiger partial charge >= 0.3 is 6.18 Å². The molecular weight excluding hydrogens is 452 g/mol. The first kappa shape index (κ1) is 25.4. The summed E-state index contributed by atoms with van der Waals surface area (Å²) in [5.74, 6) is 0.274. The molecule has 0 spiro atoms. The van der Waals surface area contributed by atoms with E-state index in [1.54, 1.807) is 37.3 Å². The van der Waals surface area contributed by atoms with Crippen LogP contribution in [0, 0.1) is 5.82 Å². The second-order valence-electron chi connectivity index (χ2n) is 8.29. The van der Waals surface area contributed by atoms with E-state index in [2.05, 4.69) is 5.32 Å². The average molecular weight is 481 g/mol. The Morgan fingerprint density at radius 1 is 1.15 bits per heavy atom. The van der Waals surface area contributed by atoms with Crippen LogP contribution in [0.25, 0.3) is 5.70 Å². The number of carbonyl (C=O) groups excluding carboxylic acids is 1. The fraction of sp³-hybridized carbons (Fsp3) is 0.400. The number of benzene rings is 2. The maximum Gasteiger partial charge on any atom is 0.390 e. The summed E-state index contributed by atoms with van der Waals surface area (Å²) in [6.45, 7) is 1.52. The summed E-state index contributed by atoms with van der Waals surface area (Å²) in [6.07, 6.45) is -2.90. The van der Waals surface area contributed by atoms with Gasteiger partial charge < -0.3 is 19.7 Å². The van der Waals surface area contributed by atoms with Crippen LogP contribution in [0.15, 0.2) is 48.5 Å². The highest BCUT2D eigenvalue weighted by Crippen LogP contribution is 2.42. The summed E-state index contributed by atoms with van der Waals surface area (Å²) in [4.78, 5) is 15.0. The molecule has 1 atom stereocenters. The lowest BCUT2D eigenvalue weighted by Crippen LogP contribution is -2.54. The zero-order valence-electron chi connectivity index (χ0n) is 19.3. The predicted molar refractivity (Wildman–Crippen MR) is 121 cm³/mol. The zero-order chi connectivity index (χ0) is 24.9. The molecule has 1 amide bonds. The van der Waals surface area contributed by atoms with E-state index < -0.39 is 30.6 Å². The summed E-state index contributed by atoms with van der Waals surface area (Å²) >= 11 is 0. The topological polar surface area (TPSA) is 50.8 Å². The molecule has 0 radical (unpaired) electrons. The van der Waals surface area contributed by atoms with Crippen molar-refractivity contribution in [2.45, 2.75) is 37.9 Å². The molecule has 2 aromatic carbocycles. The molecule has 1 heterocycles. The molecule has 0 saturated carbocycles. The number of amides is 1. The van der Waals surface area contributed by atoms with Gasteiger partial charge in [-0.2, -0.15) is 13.2 Å². The number of nitrogens with zero attached hydrogens (tertiary/aromatic N) is 1. The third-order valence-corrected chi connectivity index (χ3v) is 5.96. The number of hydrogen-bond acceptors (Lipinski definition) is 4. The predicted octanol–water partition coefficient (Wildman–Crippen LogP) is 4.96. The molecule has 5 nitrogen and oxygen atoms in total. The van der Waals surface area contributed by atoms with Gasteiger partial charge in [0, 0.05) is 24.4 Å². The second-order valence-corrected chi connectivity index (χ2v) is 8.29. The monoisotopic (exact) mass is 480 g/mol. The normalized spacial score (nSPS) is 18.0. The Bertz CT molecular complexity index is 1050. The molecule has 0 saturated heterocycles. The number of nitrogens with one attached hydrogen (secondary N) is 1. The molecule has 0 fully saturated rings. The molecule has 0 aromatic heterocycles. The summed E-state index contributed by atoms with van der Waals surface area (Å²) in [5.41, 5.74) is 0.986. The number of rotatable bonds is 9. The van der Waals surface area contributed by atoms with Crippen molar-refractivity contribution in [3.05, 3.63) is 65.5 Å². The standard InChI is InChI=1S/C25H28F4N2O3/c1-24(23(32)30-13-12-25(27,28)29)11-9-21(20-16-19(33-2)7-8-22(20)34-3)31(24)14-10-17-5-4-6-18(26)15-17/h4-9,15-16H,10-14H2,1-3H3,(H,30,32). The highest BCUT2D eigenvalue weighted by molar-refractivity contribution is 5.90. The van der Waals surface area contributed by atoms with Gasteiger partial charge in [-0.25, -0.2) is 4.39 Å². The minimum atomic E-state index is -4.36. The van der Waals surface area contributed by atoms with Crippen LogP contribution in [0.4, 0.5) is 17.6 Å². The van der Waals surface area contributed by atoms with Crippen LogP contribution in [-0.2, 0) is 11.2 Å². The van der Waals surface area contributed by atoms with Crippen LogP contribution in [0.5, 0.6) is 11.5 Å². The smallest absolute Gasteiger partial charge is 0.390 e. The summed E-state index contributed by atoms with van der Waals surface area (Å²) < 4.78 is 62.4. The van der Waals surface area contributed by atoms with E-state index in [-0.39, 0.29) is 12.2 Å². The molecule has 9 heteroatoms. The van der Waals surface area contributed by atoms with Crippen molar-refractivity contribution in [3.8, 4) is 11.5 Å². The number of halogens is 4. The molecule has 1 unspecified atom stereocenters. The van der Waals surface area contributed by atoms with Crippen molar-refractivity contribution in [3.63, 3.8) is 0 Å². The molecule has 0 bridgehead atoms. The van der Waals surface area contributed by atoms with Crippen molar-refractivity contribution in [1.29, 1.82) is 0 Å². The third kappa shape index (κ3) is 5.81. The van der Waals surface area contributed by atoms with E-state index in [1.807, 2.05) is 11.0 Å². The van der Waals surface area contributed by atoms with Crippen molar-refractivity contribution in [2.75, 3.05) is 27.3 Å². The van der Waals surface area contributed by atoms with Crippen LogP contribution in [0.2, 0.25) is 0 Å². The molecule has 1 aliphatic rings. The van der Waals surface area contributed by atoms with Crippen LogP contribution in [0.1, 0.15) is 30.9 Å². The molecule has 1 aliphatic heterocycles. The van der Waals surface area contributed by atoms with Crippen molar-refractivity contribution >= 4 is 11.6 Å². The second kappa shape index (κ2) is 10.4. The van der Waals surface area contributed by atoms with E-state index in [0.717, 1.165) is 5.56 Å². The van der Waals surface area contributed by atoms with Crippen LogP contribution < -0.4 is 14.8 Å². The van der Waals surface area contributed by atoms with Gasteiger partial charge in [0.05, 0.1) is 20.6 Å². The molecule has 0 aliphatic carbocycles. The average Bonchev–Trinajstić information content (AvgIpc) is 3.13. The van der Waals surface area contributed by atoms with Gasteiger partial charge in [0.15, 0.2) is 0 Å². The van der Waals surface area contributed by atoms with E-state index in [9.17, 15) is 22.4 Å². The lowest BCUT2D eigenvalue weighted by atomic mass is 9.96. The number of ether oxygens (including phenoxy) is 2. The van der Waals surface area contributed by atoms with Gasteiger partial charge in [0.1, 0.15) is 22.9 Å². The number of alkyl halides is 3. The highest BCUT2D eigenvalue weighted by atomic mass is 19.4. The Kier molecular flexibility index (Phi) is 7.74. The van der Waals surface area contributed by atoms with Crippen LogP contribution in [-0.4, -0.2) is 49.8 Å². The van der Waals surface area contributed by atoms with Crippen LogP contribution >= 0.6 is 0 Å². The van der Waals surface area contributed by atoms with E-state index in [0.29, 0.717) is 35.7 Å². The zero-order valence-corrected chi connectivity index (χ0v) is 19.3. The summed E-state index contributed by atoms with van der Waals surface area (Å²) in [7, 11) is 3.06. The van der Waals surface area contributed by atoms with Crippen molar-refractivity contribution < 1.29 is 31.8 Å². The van der Waals surface area contributed by atoms with E-state index >= 15 is 0 Å². The van der Waals surface area contributed by atoms with Gasteiger partial charge in [0.25, 0.3) is 0 Å². The maximum atomic E-state index is 13.7. The third-order valence-electron chi connectivity index (χ3n) is 5.96.